The van der Waals surface area contributed by atoms with Crippen molar-refractivity contribution in [2.45, 2.75) is 13.3 Å². The molecule has 1 saturated heterocycles. The lowest BCUT2D eigenvalue weighted by Gasteiger charge is -2.09. The van der Waals surface area contributed by atoms with Gasteiger partial charge in [-0.05, 0) is 6.42 Å². The molecule has 1 saturated carbocycles. The molecule has 3 nitrogen and oxygen atoms in total. The molecule has 82 valence electrons. The van der Waals surface area contributed by atoms with Crippen LogP contribution in [0.5, 0.6) is 0 Å². The highest BCUT2D eigenvalue weighted by molar-refractivity contribution is 6.17. The molecule has 1 aromatic carbocycles. The highest BCUT2D eigenvalue weighted by atomic mass is 16.5. The maximum atomic E-state index is 12.3. The van der Waals surface area contributed by atoms with Crippen LogP contribution in [0.3, 0.4) is 0 Å². The van der Waals surface area contributed by atoms with Crippen LogP contribution in [0.1, 0.15) is 23.7 Å². The molecule has 0 bridgehead atoms. The summed E-state index contributed by atoms with van der Waals surface area (Å²) in [5.74, 6) is -0.429. The third kappa shape index (κ3) is 0.932. The Labute approximate surface area is 93.4 Å². The SMILES string of the molecule is C[C@@]12COC(=O)[C@]1(C(=O)c1ccccc1)C2. The minimum absolute atomic E-state index is 0.0851. The maximum Gasteiger partial charge on any atom is 0.320 e. The molecule has 1 heterocycles. The van der Waals surface area contributed by atoms with Crippen LogP contribution >= 0.6 is 0 Å². The van der Waals surface area contributed by atoms with Crippen LogP contribution in [-0.4, -0.2) is 18.4 Å². The van der Waals surface area contributed by atoms with Gasteiger partial charge >= 0.3 is 5.97 Å². The first-order valence-electron chi connectivity index (χ1n) is 5.37. The number of rotatable bonds is 2. The predicted octanol–water partition coefficient (Wildman–Crippen LogP) is 1.82. The summed E-state index contributed by atoms with van der Waals surface area (Å²) >= 11 is 0. The van der Waals surface area contributed by atoms with Crippen LogP contribution in [0.25, 0.3) is 0 Å². The topological polar surface area (TPSA) is 43.4 Å². The zero-order valence-corrected chi connectivity index (χ0v) is 9.03. The minimum atomic E-state index is -0.881. The van der Waals surface area contributed by atoms with Gasteiger partial charge in [0.1, 0.15) is 5.41 Å². The van der Waals surface area contributed by atoms with Gasteiger partial charge in [-0.25, -0.2) is 0 Å². The maximum absolute atomic E-state index is 12.3. The first-order valence-corrected chi connectivity index (χ1v) is 5.37. The number of carbonyl (C=O) groups is 2. The second-order valence-corrected chi connectivity index (χ2v) is 4.91. The molecular formula is C13H12O3. The number of Topliss-reactive ketones (excluding diaryl/α,β-unsaturated/α-hetero) is 1. The Bertz CT molecular complexity index is 479. The molecular weight excluding hydrogens is 204 g/mol. The van der Waals surface area contributed by atoms with Crippen LogP contribution in [0, 0.1) is 10.8 Å². The average molecular weight is 216 g/mol. The third-order valence-corrected chi connectivity index (χ3v) is 3.85. The number of benzene rings is 1. The fourth-order valence-electron chi connectivity index (χ4n) is 2.66. The summed E-state index contributed by atoms with van der Waals surface area (Å²) in [4.78, 5) is 24.0. The van der Waals surface area contributed by atoms with Gasteiger partial charge in [-0.3, -0.25) is 9.59 Å². The standard InChI is InChI=1S/C13H12O3/c1-12-7-13(12,11(15)16-8-12)10(14)9-5-3-2-4-6-9/h2-6H,7-8H2,1H3/t12-,13-/m1/s1. The Morgan fingerprint density at radius 2 is 2.00 bits per heavy atom. The summed E-state index contributed by atoms with van der Waals surface area (Å²) in [6.07, 6.45) is 0.632. The predicted molar refractivity (Wildman–Crippen MR) is 56.9 cm³/mol. The molecule has 3 heteroatoms. The van der Waals surface area contributed by atoms with Crippen molar-refractivity contribution in [3.63, 3.8) is 0 Å². The smallest absolute Gasteiger partial charge is 0.320 e. The Morgan fingerprint density at radius 3 is 2.50 bits per heavy atom. The van der Waals surface area contributed by atoms with Crippen molar-refractivity contribution in [2.75, 3.05) is 6.61 Å². The monoisotopic (exact) mass is 216 g/mol. The van der Waals surface area contributed by atoms with Crippen molar-refractivity contribution in [1.29, 1.82) is 0 Å². The lowest BCUT2D eigenvalue weighted by atomic mass is 9.89. The Hall–Kier alpha value is -1.64. The zero-order valence-electron chi connectivity index (χ0n) is 9.03. The Morgan fingerprint density at radius 1 is 1.31 bits per heavy atom. The number of ketones is 1. The molecule has 1 aliphatic heterocycles. The number of cyclic esters (lactones) is 1. The van der Waals surface area contributed by atoms with Crippen LogP contribution in [0.15, 0.2) is 30.3 Å². The molecule has 0 aromatic heterocycles. The van der Waals surface area contributed by atoms with Gasteiger partial charge in [0.15, 0.2) is 5.78 Å². The summed E-state index contributed by atoms with van der Waals surface area (Å²) < 4.78 is 5.00. The van der Waals surface area contributed by atoms with E-state index in [4.69, 9.17) is 4.74 Å². The van der Waals surface area contributed by atoms with Crippen molar-refractivity contribution in [3.8, 4) is 0 Å². The van der Waals surface area contributed by atoms with Gasteiger partial charge in [-0.15, -0.1) is 0 Å². The van der Waals surface area contributed by atoms with E-state index in [1.807, 2.05) is 25.1 Å². The van der Waals surface area contributed by atoms with Gasteiger partial charge in [0.2, 0.25) is 0 Å². The van der Waals surface area contributed by atoms with Crippen LogP contribution in [-0.2, 0) is 9.53 Å². The summed E-state index contributed by atoms with van der Waals surface area (Å²) in [5, 5.41) is 0. The fourth-order valence-corrected chi connectivity index (χ4v) is 2.66. The van der Waals surface area contributed by atoms with Crippen molar-refractivity contribution < 1.29 is 14.3 Å². The normalized spacial score (nSPS) is 35.4. The molecule has 1 aromatic rings. The molecule has 2 fully saturated rings. The van der Waals surface area contributed by atoms with Crippen LogP contribution < -0.4 is 0 Å². The summed E-state index contributed by atoms with van der Waals surface area (Å²) in [7, 11) is 0. The van der Waals surface area contributed by atoms with Crippen molar-refractivity contribution in [2.24, 2.45) is 10.8 Å². The quantitative estimate of drug-likeness (QED) is 0.430. The Kier molecular flexibility index (Phi) is 1.63. The van der Waals surface area contributed by atoms with E-state index in [0.29, 0.717) is 18.6 Å². The van der Waals surface area contributed by atoms with Gasteiger partial charge in [0, 0.05) is 11.0 Å². The number of esters is 1. The molecule has 2 aliphatic rings. The van der Waals surface area contributed by atoms with Gasteiger partial charge in [0.25, 0.3) is 0 Å². The molecule has 2 atom stereocenters. The van der Waals surface area contributed by atoms with E-state index in [2.05, 4.69) is 0 Å². The molecule has 16 heavy (non-hydrogen) atoms. The lowest BCUT2D eigenvalue weighted by Crippen LogP contribution is -2.26. The number of hydrogen-bond donors (Lipinski definition) is 0. The third-order valence-electron chi connectivity index (χ3n) is 3.85. The first kappa shape index (κ1) is 9.58. The molecule has 0 unspecified atom stereocenters. The number of hydrogen-bond acceptors (Lipinski definition) is 3. The Balaban J connectivity index is 2.01. The highest BCUT2D eigenvalue weighted by Crippen LogP contribution is 2.69. The van der Waals surface area contributed by atoms with Gasteiger partial charge < -0.3 is 4.74 Å². The first-order chi connectivity index (χ1) is 7.60. The van der Waals surface area contributed by atoms with Crippen molar-refractivity contribution in [1.82, 2.24) is 0 Å². The molecule has 0 spiro atoms. The molecule has 3 rings (SSSR count). The van der Waals surface area contributed by atoms with E-state index in [0.717, 1.165) is 0 Å². The second kappa shape index (κ2) is 2.73. The summed E-state index contributed by atoms with van der Waals surface area (Å²) in [5.41, 5.74) is -0.546. The van der Waals surface area contributed by atoms with Crippen LogP contribution in [0.2, 0.25) is 0 Å². The van der Waals surface area contributed by atoms with Crippen molar-refractivity contribution >= 4 is 11.8 Å². The van der Waals surface area contributed by atoms with E-state index < -0.39 is 5.41 Å². The van der Waals surface area contributed by atoms with E-state index in [1.165, 1.54) is 0 Å². The van der Waals surface area contributed by atoms with E-state index in [1.54, 1.807) is 12.1 Å². The molecule has 0 amide bonds. The minimum Gasteiger partial charge on any atom is -0.464 e. The highest BCUT2D eigenvalue weighted by Gasteiger charge is 2.78. The number of carbonyl (C=O) groups excluding carboxylic acids is 2. The lowest BCUT2D eigenvalue weighted by molar-refractivity contribution is -0.143. The molecule has 0 N–H and O–H groups in total. The van der Waals surface area contributed by atoms with E-state index in [9.17, 15) is 9.59 Å². The van der Waals surface area contributed by atoms with Crippen molar-refractivity contribution in [3.05, 3.63) is 35.9 Å². The van der Waals surface area contributed by atoms with E-state index in [-0.39, 0.29) is 17.2 Å². The molecule has 0 radical (unpaired) electrons. The fraction of sp³-hybridized carbons (Fsp3) is 0.385. The second-order valence-electron chi connectivity index (χ2n) is 4.91. The van der Waals surface area contributed by atoms with Crippen LogP contribution in [0.4, 0.5) is 0 Å². The average Bonchev–Trinajstić information content (AvgIpc) is 2.87. The summed E-state index contributed by atoms with van der Waals surface area (Å²) in [6.45, 7) is 2.32. The van der Waals surface area contributed by atoms with Gasteiger partial charge in [-0.1, -0.05) is 37.3 Å². The van der Waals surface area contributed by atoms with Gasteiger partial charge in [0.05, 0.1) is 6.61 Å². The van der Waals surface area contributed by atoms with Gasteiger partial charge in [-0.2, -0.15) is 0 Å². The number of ether oxygens (including phenoxy) is 1. The molecule has 1 aliphatic carbocycles. The largest absolute Gasteiger partial charge is 0.464 e. The zero-order chi connectivity index (χ0) is 11.4. The summed E-state index contributed by atoms with van der Waals surface area (Å²) in [6, 6.07) is 8.98. The van der Waals surface area contributed by atoms with E-state index >= 15 is 0 Å². The number of fused-ring (bicyclic) bond motifs is 1.